The molecule has 0 N–H and O–H groups in total. The van der Waals surface area contributed by atoms with Crippen molar-refractivity contribution in [1.82, 2.24) is 0 Å². The summed E-state index contributed by atoms with van der Waals surface area (Å²) < 4.78 is 0. The lowest BCUT2D eigenvalue weighted by atomic mass is 10.4. The first-order valence-electron chi connectivity index (χ1n) is 7.65. The largest absolute Gasteiger partial charge is 0.127 e. The molecule has 104 valence electrons. The van der Waals surface area contributed by atoms with Gasteiger partial charge in [0, 0.05) is 13.1 Å². The first kappa shape index (κ1) is 17.7. The van der Waals surface area contributed by atoms with Crippen molar-refractivity contribution in [3.63, 3.8) is 0 Å². The first-order valence-corrected chi connectivity index (χ1v) is 10.7. The molecule has 0 spiro atoms. The third kappa shape index (κ3) is 8.44. The molecule has 0 aromatic heterocycles. The zero-order valence-electron chi connectivity index (χ0n) is 12.3. The number of unbranched alkanes of at least 4 members (excludes halogenated alkanes) is 3. The molecule has 0 saturated heterocycles. The van der Waals surface area contributed by atoms with E-state index in [1.54, 1.807) is 18.5 Å². The Morgan fingerprint density at radius 3 is 1.29 bits per heavy atom. The van der Waals surface area contributed by atoms with Crippen LogP contribution in [0.2, 0.25) is 0 Å². The average Bonchev–Trinajstić information content (AvgIpc) is 2.37. The Morgan fingerprint density at radius 1 is 0.647 bits per heavy atom. The fourth-order valence-electron chi connectivity index (χ4n) is 2.55. The molecule has 0 rings (SSSR count). The van der Waals surface area contributed by atoms with Crippen LogP contribution in [0.15, 0.2) is 0 Å². The highest BCUT2D eigenvalue weighted by Crippen LogP contribution is 2.61. The molecule has 0 unspecified atom stereocenters. The second-order valence-corrected chi connectivity index (χ2v) is 10.2. The lowest BCUT2D eigenvalue weighted by molar-refractivity contribution is 0.829. The summed E-state index contributed by atoms with van der Waals surface area (Å²) in [5, 5.41) is 0. The zero-order chi connectivity index (χ0) is 13.0. The molecule has 0 aliphatic heterocycles. The molecule has 0 radical (unpaired) electrons. The quantitative estimate of drug-likeness (QED) is 0.302. The topological polar surface area (TPSA) is 0 Å². The van der Waals surface area contributed by atoms with Gasteiger partial charge in [-0.1, -0.05) is 40.0 Å². The van der Waals surface area contributed by atoms with E-state index in [-0.39, 0.29) is 0 Å². The molecule has 0 atom stereocenters. The maximum Gasteiger partial charge on any atom is 0.0605 e. The SMILES string of the molecule is CCCC[P+](CCCC)(CCCC)CCCCl. The van der Waals surface area contributed by atoms with E-state index < -0.39 is 7.26 Å². The predicted octanol–water partition coefficient (Wildman–Crippen LogP) is 6.03. The fourth-order valence-corrected chi connectivity index (χ4v) is 8.00. The minimum Gasteiger partial charge on any atom is -0.127 e. The third-order valence-electron chi connectivity index (χ3n) is 3.72. The van der Waals surface area contributed by atoms with Gasteiger partial charge in [-0.05, 0) is 25.7 Å². The number of hydrogen-bond donors (Lipinski definition) is 0. The number of alkyl halides is 1. The van der Waals surface area contributed by atoms with E-state index >= 15 is 0 Å². The number of halogens is 1. The van der Waals surface area contributed by atoms with Crippen molar-refractivity contribution in [2.24, 2.45) is 0 Å². The summed E-state index contributed by atoms with van der Waals surface area (Å²) in [6.07, 6.45) is 15.8. The summed E-state index contributed by atoms with van der Waals surface area (Å²) in [5.41, 5.74) is 0. The van der Waals surface area contributed by atoms with Crippen molar-refractivity contribution in [1.29, 1.82) is 0 Å². The minimum absolute atomic E-state index is 0.647. The van der Waals surface area contributed by atoms with E-state index in [1.165, 1.54) is 51.1 Å². The first-order chi connectivity index (χ1) is 8.24. The highest BCUT2D eigenvalue weighted by molar-refractivity contribution is 7.75. The van der Waals surface area contributed by atoms with Gasteiger partial charge in [0.05, 0.1) is 24.6 Å². The second-order valence-electron chi connectivity index (χ2n) is 5.34. The maximum atomic E-state index is 5.93. The molecule has 0 aliphatic carbocycles. The Bertz CT molecular complexity index is 121. The van der Waals surface area contributed by atoms with Gasteiger partial charge in [-0.15, -0.1) is 11.6 Å². The van der Waals surface area contributed by atoms with E-state index in [9.17, 15) is 0 Å². The van der Waals surface area contributed by atoms with Crippen LogP contribution < -0.4 is 0 Å². The number of hydrogen-bond acceptors (Lipinski definition) is 0. The molecule has 0 aliphatic rings. The van der Waals surface area contributed by atoms with Crippen molar-refractivity contribution >= 4 is 18.9 Å². The average molecular weight is 280 g/mol. The van der Waals surface area contributed by atoms with Crippen LogP contribution >= 0.6 is 18.9 Å². The van der Waals surface area contributed by atoms with Gasteiger partial charge in [-0.3, -0.25) is 0 Å². The molecule has 0 saturated carbocycles. The molecular formula is C15H33ClP+. The van der Waals surface area contributed by atoms with Crippen molar-refractivity contribution in [3.8, 4) is 0 Å². The Kier molecular flexibility index (Phi) is 12.3. The number of rotatable bonds is 12. The van der Waals surface area contributed by atoms with Crippen LogP contribution in [0, 0.1) is 0 Å². The molecule has 0 aromatic rings. The lowest BCUT2D eigenvalue weighted by Gasteiger charge is -2.27. The fraction of sp³-hybridized carbons (Fsp3) is 1.00. The summed E-state index contributed by atoms with van der Waals surface area (Å²) in [5.74, 6) is 0.867. The summed E-state index contributed by atoms with van der Waals surface area (Å²) in [6.45, 7) is 6.99. The van der Waals surface area contributed by atoms with Gasteiger partial charge in [-0.2, -0.15) is 0 Å². The van der Waals surface area contributed by atoms with Crippen molar-refractivity contribution in [2.45, 2.75) is 65.7 Å². The van der Waals surface area contributed by atoms with Gasteiger partial charge in [0.2, 0.25) is 0 Å². The van der Waals surface area contributed by atoms with Crippen LogP contribution in [-0.4, -0.2) is 30.5 Å². The van der Waals surface area contributed by atoms with Gasteiger partial charge in [0.15, 0.2) is 0 Å². The van der Waals surface area contributed by atoms with E-state index in [0.717, 1.165) is 5.88 Å². The van der Waals surface area contributed by atoms with Crippen molar-refractivity contribution < 1.29 is 0 Å². The second kappa shape index (κ2) is 11.8. The van der Waals surface area contributed by atoms with Crippen LogP contribution in [-0.2, 0) is 0 Å². The highest BCUT2D eigenvalue weighted by Gasteiger charge is 2.34. The molecule has 2 heteroatoms. The Balaban J connectivity index is 4.39. The maximum absolute atomic E-state index is 5.93. The standard InChI is InChI=1S/C15H33ClP/c1-4-7-12-17(13-8-5-2,14-9-6-3)15-10-11-16/h4-15H2,1-3H3/q+1. The summed E-state index contributed by atoms with van der Waals surface area (Å²) in [4.78, 5) is 0. The van der Waals surface area contributed by atoms with Gasteiger partial charge in [-0.25, -0.2) is 0 Å². The third-order valence-corrected chi connectivity index (χ3v) is 9.05. The molecule has 17 heavy (non-hydrogen) atoms. The predicted molar refractivity (Wildman–Crippen MR) is 86.4 cm³/mol. The van der Waals surface area contributed by atoms with Crippen molar-refractivity contribution in [3.05, 3.63) is 0 Å². The summed E-state index contributed by atoms with van der Waals surface area (Å²) in [7, 11) is -0.647. The normalized spacial score (nSPS) is 12.0. The Morgan fingerprint density at radius 2 is 1.00 bits per heavy atom. The van der Waals surface area contributed by atoms with Crippen LogP contribution in [0.1, 0.15) is 65.7 Å². The van der Waals surface area contributed by atoms with Gasteiger partial charge in [0.1, 0.15) is 0 Å². The van der Waals surface area contributed by atoms with Crippen LogP contribution in [0.25, 0.3) is 0 Å². The monoisotopic (exact) mass is 279 g/mol. The van der Waals surface area contributed by atoms with Crippen LogP contribution in [0.5, 0.6) is 0 Å². The molecule has 0 amide bonds. The van der Waals surface area contributed by atoms with Crippen LogP contribution in [0.3, 0.4) is 0 Å². The van der Waals surface area contributed by atoms with Crippen LogP contribution in [0.4, 0.5) is 0 Å². The molecule has 0 aromatic carbocycles. The van der Waals surface area contributed by atoms with E-state index in [2.05, 4.69) is 20.8 Å². The highest BCUT2D eigenvalue weighted by atomic mass is 35.5. The zero-order valence-corrected chi connectivity index (χ0v) is 14.0. The molecule has 0 bridgehead atoms. The Labute approximate surface area is 115 Å². The van der Waals surface area contributed by atoms with Gasteiger partial charge < -0.3 is 0 Å². The van der Waals surface area contributed by atoms with E-state index in [1.807, 2.05) is 0 Å². The summed E-state index contributed by atoms with van der Waals surface area (Å²) in [6, 6.07) is 0. The van der Waals surface area contributed by atoms with E-state index in [4.69, 9.17) is 11.6 Å². The molecule has 0 heterocycles. The molecule has 0 nitrogen and oxygen atoms in total. The van der Waals surface area contributed by atoms with Gasteiger partial charge in [0.25, 0.3) is 0 Å². The van der Waals surface area contributed by atoms with Gasteiger partial charge >= 0.3 is 0 Å². The Hall–Kier alpha value is 0.720. The molecule has 0 fully saturated rings. The lowest BCUT2D eigenvalue weighted by Crippen LogP contribution is -2.13. The summed E-state index contributed by atoms with van der Waals surface area (Å²) >= 11 is 5.93. The van der Waals surface area contributed by atoms with E-state index in [0.29, 0.717) is 0 Å². The van der Waals surface area contributed by atoms with Crippen molar-refractivity contribution in [2.75, 3.05) is 30.5 Å². The smallest absolute Gasteiger partial charge is 0.0605 e. The minimum atomic E-state index is -0.647. The molecular weight excluding hydrogens is 247 g/mol.